The third kappa shape index (κ3) is 3.41. The van der Waals surface area contributed by atoms with Crippen molar-refractivity contribution in [2.75, 3.05) is 14.2 Å². The molecule has 3 aromatic carbocycles. The fourth-order valence-electron chi connectivity index (χ4n) is 2.91. The third-order valence-corrected chi connectivity index (χ3v) is 4.24. The van der Waals surface area contributed by atoms with E-state index in [1.807, 2.05) is 42.5 Å². The van der Waals surface area contributed by atoms with Crippen molar-refractivity contribution >= 4 is 22.8 Å². The second-order valence-corrected chi connectivity index (χ2v) is 5.80. The van der Waals surface area contributed by atoms with Gasteiger partial charge in [0.05, 0.1) is 14.2 Å². The molecule has 0 fully saturated rings. The van der Waals surface area contributed by atoms with Gasteiger partial charge in [0.1, 0.15) is 5.75 Å². The summed E-state index contributed by atoms with van der Waals surface area (Å²) in [7, 11) is 3.05. The van der Waals surface area contributed by atoms with Gasteiger partial charge in [-0.2, -0.15) is 0 Å². The largest absolute Gasteiger partial charge is 0.497 e. The average Bonchev–Trinajstić information content (AvgIpc) is 2.67. The lowest BCUT2D eigenvalue weighted by Gasteiger charge is -2.12. The monoisotopic (exact) mass is 332 g/mol. The summed E-state index contributed by atoms with van der Waals surface area (Å²) in [6.45, 7) is 1.77. The van der Waals surface area contributed by atoms with Gasteiger partial charge < -0.3 is 9.47 Å². The number of hydrogen-bond donors (Lipinski definition) is 0. The Bertz CT molecular complexity index is 937. The lowest BCUT2D eigenvalue weighted by atomic mass is 9.93. The van der Waals surface area contributed by atoms with E-state index in [1.165, 1.54) is 7.11 Å². The molecule has 0 unspecified atom stereocenters. The number of rotatable bonds is 4. The number of methoxy groups -OCH3 is 2. The van der Waals surface area contributed by atoms with Crippen LogP contribution in [0, 0.1) is 0 Å². The first-order chi connectivity index (χ1) is 12.1. The molecule has 0 amide bonds. The molecule has 0 N–H and O–H groups in total. The van der Waals surface area contributed by atoms with E-state index in [-0.39, 0.29) is 5.97 Å². The maximum absolute atomic E-state index is 11.9. The number of benzene rings is 3. The molecule has 126 valence electrons. The van der Waals surface area contributed by atoms with E-state index in [0.29, 0.717) is 5.57 Å². The van der Waals surface area contributed by atoms with Crippen molar-refractivity contribution in [2.24, 2.45) is 0 Å². The van der Waals surface area contributed by atoms with Gasteiger partial charge in [0, 0.05) is 5.57 Å². The van der Waals surface area contributed by atoms with E-state index in [1.54, 1.807) is 14.0 Å². The Morgan fingerprint density at radius 3 is 2.32 bits per heavy atom. The SMILES string of the molecule is COC(=O)/C(C)=C/c1c(-c2ccc(OC)cc2)ccc2ccccc12. The van der Waals surface area contributed by atoms with Gasteiger partial charge in [-0.3, -0.25) is 0 Å². The van der Waals surface area contributed by atoms with Crippen molar-refractivity contribution in [1.82, 2.24) is 0 Å². The zero-order valence-corrected chi connectivity index (χ0v) is 14.6. The minimum atomic E-state index is -0.325. The predicted octanol–water partition coefficient (Wildman–Crippen LogP) is 5.09. The standard InChI is InChI=1S/C22H20O3/c1-15(22(23)25-3)14-21-19-7-5-4-6-16(19)10-13-20(21)17-8-11-18(24-2)12-9-17/h4-14H,1-3H3/b15-14+. The molecule has 25 heavy (non-hydrogen) atoms. The Kier molecular flexibility index (Phi) is 4.85. The van der Waals surface area contributed by atoms with E-state index in [0.717, 1.165) is 33.2 Å². The summed E-state index contributed by atoms with van der Waals surface area (Å²) in [5.74, 6) is 0.487. The zero-order chi connectivity index (χ0) is 17.8. The van der Waals surface area contributed by atoms with Gasteiger partial charge >= 0.3 is 5.97 Å². The summed E-state index contributed by atoms with van der Waals surface area (Å²) in [6, 6.07) is 20.2. The van der Waals surface area contributed by atoms with Crippen LogP contribution in [0.3, 0.4) is 0 Å². The third-order valence-electron chi connectivity index (χ3n) is 4.24. The first-order valence-electron chi connectivity index (χ1n) is 8.07. The van der Waals surface area contributed by atoms with E-state index in [4.69, 9.17) is 9.47 Å². The van der Waals surface area contributed by atoms with Gasteiger partial charge in [-0.15, -0.1) is 0 Å². The number of esters is 1. The molecule has 3 nitrogen and oxygen atoms in total. The van der Waals surface area contributed by atoms with Gasteiger partial charge in [0.25, 0.3) is 0 Å². The van der Waals surface area contributed by atoms with Crippen molar-refractivity contribution in [3.05, 3.63) is 71.8 Å². The Labute approximate surface area is 147 Å². The molecule has 3 heteroatoms. The number of carbonyl (C=O) groups excluding carboxylic acids is 1. The second-order valence-electron chi connectivity index (χ2n) is 5.80. The highest BCUT2D eigenvalue weighted by Crippen LogP contribution is 2.33. The molecule has 0 aliphatic rings. The first-order valence-corrected chi connectivity index (χ1v) is 8.07. The highest BCUT2D eigenvalue weighted by atomic mass is 16.5. The molecule has 3 aromatic rings. The molecule has 0 aliphatic carbocycles. The highest BCUT2D eigenvalue weighted by molar-refractivity contribution is 6.02. The zero-order valence-electron chi connectivity index (χ0n) is 14.6. The number of carbonyl (C=O) groups is 1. The maximum Gasteiger partial charge on any atom is 0.333 e. The minimum Gasteiger partial charge on any atom is -0.497 e. The summed E-state index contributed by atoms with van der Waals surface area (Å²) in [6.07, 6.45) is 1.90. The highest BCUT2D eigenvalue weighted by Gasteiger charge is 2.11. The van der Waals surface area contributed by atoms with E-state index in [9.17, 15) is 4.79 Å². The molecule has 0 heterocycles. The molecule has 0 atom stereocenters. The van der Waals surface area contributed by atoms with Crippen LogP contribution in [0.1, 0.15) is 12.5 Å². The van der Waals surface area contributed by atoms with Crippen LogP contribution < -0.4 is 4.74 Å². The smallest absolute Gasteiger partial charge is 0.333 e. The van der Waals surface area contributed by atoms with Crippen molar-refractivity contribution in [3.8, 4) is 16.9 Å². The lowest BCUT2D eigenvalue weighted by Crippen LogP contribution is -2.01. The van der Waals surface area contributed by atoms with Crippen LogP contribution in [-0.2, 0) is 9.53 Å². The normalized spacial score (nSPS) is 11.4. The van der Waals surface area contributed by atoms with Crippen LogP contribution in [-0.4, -0.2) is 20.2 Å². The molecule has 3 rings (SSSR count). The van der Waals surface area contributed by atoms with Gasteiger partial charge in [0.15, 0.2) is 0 Å². The van der Waals surface area contributed by atoms with E-state index >= 15 is 0 Å². The van der Waals surface area contributed by atoms with E-state index < -0.39 is 0 Å². The summed E-state index contributed by atoms with van der Waals surface area (Å²) in [4.78, 5) is 11.9. The van der Waals surface area contributed by atoms with Gasteiger partial charge in [0.2, 0.25) is 0 Å². The topological polar surface area (TPSA) is 35.5 Å². The van der Waals surface area contributed by atoms with Crippen LogP contribution in [0.25, 0.3) is 28.0 Å². The summed E-state index contributed by atoms with van der Waals surface area (Å²) < 4.78 is 10.1. The van der Waals surface area contributed by atoms with Crippen LogP contribution in [0.2, 0.25) is 0 Å². The molecular formula is C22H20O3. The number of hydrogen-bond acceptors (Lipinski definition) is 3. The molecular weight excluding hydrogens is 312 g/mol. The second kappa shape index (κ2) is 7.22. The first kappa shape index (κ1) is 16.8. The lowest BCUT2D eigenvalue weighted by molar-refractivity contribution is -0.135. The molecule has 0 aliphatic heterocycles. The van der Waals surface area contributed by atoms with Crippen molar-refractivity contribution in [1.29, 1.82) is 0 Å². The Hall–Kier alpha value is -3.07. The molecule has 0 saturated heterocycles. The van der Waals surface area contributed by atoms with Crippen molar-refractivity contribution in [2.45, 2.75) is 6.92 Å². The van der Waals surface area contributed by atoms with Gasteiger partial charge in [-0.25, -0.2) is 4.79 Å². The minimum absolute atomic E-state index is 0.325. The number of fused-ring (bicyclic) bond motifs is 1. The van der Waals surface area contributed by atoms with Crippen LogP contribution in [0.15, 0.2) is 66.2 Å². The van der Waals surface area contributed by atoms with Crippen molar-refractivity contribution in [3.63, 3.8) is 0 Å². The molecule has 0 spiro atoms. The van der Waals surface area contributed by atoms with Crippen LogP contribution in [0.5, 0.6) is 5.75 Å². The summed E-state index contributed by atoms with van der Waals surface area (Å²) in [5, 5.41) is 2.22. The number of ether oxygens (including phenoxy) is 2. The molecule has 0 aromatic heterocycles. The molecule has 0 bridgehead atoms. The van der Waals surface area contributed by atoms with E-state index in [2.05, 4.69) is 24.3 Å². The molecule has 0 radical (unpaired) electrons. The van der Waals surface area contributed by atoms with Crippen LogP contribution >= 0.6 is 0 Å². The average molecular weight is 332 g/mol. The Balaban J connectivity index is 2.23. The van der Waals surface area contributed by atoms with Gasteiger partial charge in [-0.1, -0.05) is 48.5 Å². The van der Waals surface area contributed by atoms with Crippen LogP contribution in [0.4, 0.5) is 0 Å². The quantitative estimate of drug-likeness (QED) is 0.493. The molecule has 0 saturated carbocycles. The summed E-state index contributed by atoms with van der Waals surface area (Å²) >= 11 is 0. The predicted molar refractivity (Wildman–Crippen MR) is 102 cm³/mol. The summed E-state index contributed by atoms with van der Waals surface area (Å²) in [5.41, 5.74) is 3.69. The van der Waals surface area contributed by atoms with Crippen molar-refractivity contribution < 1.29 is 14.3 Å². The Morgan fingerprint density at radius 1 is 0.920 bits per heavy atom. The maximum atomic E-state index is 11.9. The van der Waals surface area contributed by atoms with Gasteiger partial charge in [-0.05, 0) is 52.6 Å². The fraction of sp³-hybridized carbons (Fsp3) is 0.136. The Morgan fingerprint density at radius 2 is 1.64 bits per heavy atom. The fourth-order valence-corrected chi connectivity index (χ4v) is 2.91.